The van der Waals surface area contributed by atoms with Crippen molar-refractivity contribution in [1.29, 1.82) is 0 Å². The van der Waals surface area contributed by atoms with Crippen molar-refractivity contribution >= 4 is 23.4 Å². The summed E-state index contributed by atoms with van der Waals surface area (Å²) in [6.45, 7) is 2.09. The largest absolute Gasteiger partial charge is 0.448 e. The summed E-state index contributed by atoms with van der Waals surface area (Å²) in [5, 5.41) is 3.25. The Kier molecular flexibility index (Phi) is 5.13. The minimum Gasteiger partial charge on any atom is -0.448 e. The van der Waals surface area contributed by atoms with E-state index in [-0.39, 0.29) is 23.4 Å². The molecule has 2 amide bonds. The topological polar surface area (TPSA) is 84.7 Å². The third-order valence-electron chi connectivity index (χ3n) is 4.98. The second-order valence-corrected chi connectivity index (χ2v) is 7.08. The summed E-state index contributed by atoms with van der Waals surface area (Å²) in [4.78, 5) is 31.5. The smallest absolute Gasteiger partial charge is 0.276 e. The molecule has 2 aromatic rings. The average molecular weight is 390 g/mol. The zero-order chi connectivity index (χ0) is 18.8. The van der Waals surface area contributed by atoms with Gasteiger partial charge >= 0.3 is 0 Å². The van der Waals surface area contributed by atoms with Crippen LogP contribution in [0.5, 0.6) is 0 Å². The first-order chi connectivity index (χ1) is 13.1. The quantitative estimate of drug-likeness (QED) is 0.871. The van der Waals surface area contributed by atoms with Crippen LogP contribution >= 0.6 is 11.6 Å². The number of carbonyl (C=O) groups is 2. The number of nitrogens with one attached hydrogen (secondary N) is 1. The van der Waals surface area contributed by atoms with E-state index in [4.69, 9.17) is 20.8 Å². The van der Waals surface area contributed by atoms with Gasteiger partial charge in [-0.25, -0.2) is 4.98 Å². The molecule has 1 N–H and O–H groups in total. The van der Waals surface area contributed by atoms with E-state index in [1.807, 2.05) is 0 Å². The molecule has 2 fully saturated rings. The van der Waals surface area contributed by atoms with Gasteiger partial charge in [-0.05, 0) is 18.9 Å². The molecule has 1 aromatic heterocycles. The zero-order valence-corrected chi connectivity index (χ0v) is 15.4. The molecule has 2 aliphatic heterocycles. The fourth-order valence-electron chi connectivity index (χ4n) is 3.56. The third kappa shape index (κ3) is 3.57. The molecule has 7 nitrogen and oxygen atoms in total. The van der Waals surface area contributed by atoms with Crippen LogP contribution in [0.4, 0.5) is 0 Å². The van der Waals surface area contributed by atoms with Crippen LogP contribution in [0.15, 0.2) is 34.9 Å². The summed E-state index contributed by atoms with van der Waals surface area (Å²) < 4.78 is 10.9. The number of benzene rings is 1. The highest BCUT2D eigenvalue weighted by Crippen LogP contribution is 2.31. The number of carbonyl (C=O) groups excluding carboxylic acids is 2. The molecule has 142 valence electrons. The fraction of sp³-hybridized carbons (Fsp3) is 0.421. The van der Waals surface area contributed by atoms with E-state index in [0.29, 0.717) is 42.8 Å². The van der Waals surface area contributed by atoms with Gasteiger partial charge in [0.05, 0.1) is 0 Å². The summed E-state index contributed by atoms with van der Waals surface area (Å²) in [5.74, 6) is 0.120. The maximum absolute atomic E-state index is 13.1. The van der Waals surface area contributed by atoms with Crippen molar-refractivity contribution in [3.8, 4) is 0 Å². The van der Waals surface area contributed by atoms with E-state index in [1.54, 1.807) is 24.3 Å². The number of aromatic nitrogens is 1. The van der Waals surface area contributed by atoms with Crippen molar-refractivity contribution in [3.05, 3.63) is 52.7 Å². The van der Waals surface area contributed by atoms with E-state index in [0.717, 1.165) is 12.8 Å². The van der Waals surface area contributed by atoms with Gasteiger partial charge in [-0.2, -0.15) is 0 Å². The van der Waals surface area contributed by atoms with Gasteiger partial charge in [0.2, 0.25) is 5.91 Å². The average Bonchev–Trinajstić information content (AvgIpc) is 3.19. The van der Waals surface area contributed by atoms with Gasteiger partial charge in [0.25, 0.3) is 5.91 Å². The van der Waals surface area contributed by atoms with Gasteiger partial charge in [-0.15, -0.1) is 0 Å². The van der Waals surface area contributed by atoms with Crippen molar-refractivity contribution in [2.75, 3.05) is 26.3 Å². The van der Waals surface area contributed by atoms with Crippen LogP contribution in [-0.2, 0) is 9.53 Å². The molecule has 3 heterocycles. The Morgan fingerprint density at radius 3 is 2.81 bits per heavy atom. The van der Waals surface area contributed by atoms with Crippen molar-refractivity contribution < 1.29 is 18.7 Å². The molecule has 1 atom stereocenters. The van der Waals surface area contributed by atoms with Gasteiger partial charge in [-0.1, -0.05) is 29.8 Å². The van der Waals surface area contributed by atoms with Crippen molar-refractivity contribution in [2.24, 2.45) is 0 Å². The molecule has 2 aliphatic rings. The highest BCUT2D eigenvalue weighted by molar-refractivity contribution is 6.31. The molecule has 0 spiro atoms. The van der Waals surface area contributed by atoms with Crippen molar-refractivity contribution in [2.45, 2.75) is 24.8 Å². The molecular weight excluding hydrogens is 370 g/mol. The number of amides is 2. The lowest BCUT2D eigenvalue weighted by Gasteiger charge is -2.35. The Balaban J connectivity index is 1.60. The standard InChI is InChI=1S/C19H20ClN3O4/c20-14-4-2-1-3-13(14)16-17(24)21-7-8-23(16)19(25)15-11-27-18(22-15)12-5-9-26-10-6-12/h1-4,11-12,16H,5-10H2,(H,21,24). The number of hydrogen-bond acceptors (Lipinski definition) is 5. The molecule has 8 heteroatoms. The molecule has 1 aromatic carbocycles. The van der Waals surface area contributed by atoms with Crippen LogP contribution in [0, 0.1) is 0 Å². The highest BCUT2D eigenvalue weighted by Gasteiger charge is 2.37. The van der Waals surface area contributed by atoms with E-state index >= 15 is 0 Å². The van der Waals surface area contributed by atoms with E-state index in [1.165, 1.54) is 11.2 Å². The first kappa shape index (κ1) is 18.0. The number of halogens is 1. The summed E-state index contributed by atoms with van der Waals surface area (Å²) in [6, 6.07) is 6.26. The molecule has 0 aliphatic carbocycles. The predicted octanol–water partition coefficient (Wildman–Crippen LogP) is 2.54. The number of rotatable bonds is 3. The van der Waals surface area contributed by atoms with Gasteiger partial charge < -0.3 is 19.4 Å². The maximum atomic E-state index is 13.1. The minimum atomic E-state index is -0.789. The monoisotopic (exact) mass is 389 g/mol. The lowest BCUT2D eigenvalue weighted by molar-refractivity contribution is -0.128. The fourth-order valence-corrected chi connectivity index (χ4v) is 3.80. The highest BCUT2D eigenvalue weighted by atomic mass is 35.5. The first-order valence-electron chi connectivity index (χ1n) is 9.01. The molecular formula is C19H20ClN3O4. The molecule has 0 saturated carbocycles. The summed E-state index contributed by atoms with van der Waals surface area (Å²) in [7, 11) is 0. The van der Waals surface area contributed by atoms with E-state index in [9.17, 15) is 9.59 Å². The summed E-state index contributed by atoms with van der Waals surface area (Å²) >= 11 is 6.28. The third-order valence-corrected chi connectivity index (χ3v) is 5.33. The number of hydrogen-bond donors (Lipinski definition) is 1. The van der Waals surface area contributed by atoms with Crippen LogP contribution in [-0.4, -0.2) is 48.0 Å². The van der Waals surface area contributed by atoms with E-state index in [2.05, 4.69) is 10.3 Å². The molecule has 2 saturated heterocycles. The van der Waals surface area contributed by atoms with Crippen LogP contribution < -0.4 is 5.32 Å². The number of oxazole rings is 1. The number of nitrogens with zero attached hydrogens (tertiary/aromatic N) is 2. The molecule has 4 rings (SSSR count). The normalized spacial score (nSPS) is 21.1. The van der Waals surface area contributed by atoms with Gasteiger partial charge in [-0.3, -0.25) is 9.59 Å². The number of piperazine rings is 1. The second kappa shape index (κ2) is 7.70. The Morgan fingerprint density at radius 1 is 1.26 bits per heavy atom. The lowest BCUT2D eigenvalue weighted by atomic mass is 10.0. The van der Waals surface area contributed by atoms with Crippen LogP contribution in [0.1, 0.15) is 46.7 Å². The van der Waals surface area contributed by atoms with Crippen LogP contribution in [0.3, 0.4) is 0 Å². The zero-order valence-electron chi connectivity index (χ0n) is 14.7. The van der Waals surface area contributed by atoms with Crippen molar-refractivity contribution in [1.82, 2.24) is 15.2 Å². The number of ether oxygens (including phenoxy) is 1. The Bertz CT molecular complexity index is 847. The predicted molar refractivity (Wildman–Crippen MR) is 97.5 cm³/mol. The van der Waals surface area contributed by atoms with E-state index < -0.39 is 6.04 Å². The maximum Gasteiger partial charge on any atom is 0.276 e. The molecule has 0 bridgehead atoms. The molecule has 27 heavy (non-hydrogen) atoms. The second-order valence-electron chi connectivity index (χ2n) is 6.67. The lowest BCUT2D eigenvalue weighted by Crippen LogP contribution is -2.52. The Labute approximate surface area is 161 Å². The molecule has 0 radical (unpaired) electrons. The Hall–Kier alpha value is -2.38. The van der Waals surface area contributed by atoms with Gasteiger partial charge in [0, 0.05) is 42.8 Å². The Morgan fingerprint density at radius 2 is 2.04 bits per heavy atom. The van der Waals surface area contributed by atoms with Gasteiger partial charge in [0.1, 0.15) is 12.3 Å². The summed E-state index contributed by atoms with van der Waals surface area (Å²) in [6.07, 6.45) is 3.02. The minimum absolute atomic E-state index is 0.157. The molecule has 1 unspecified atom stereocenters. The SMILES string of the molecule is O=C1NCCN(C(=O)c2coc(C3CCOCC3)n2)C1c1ccccc1Cl. The first-order valence-corrected chi connectivity index (χ1v) is 9.39. The van der Waals surface area contributed by atoms with Crippen molar-refractivity contribution in [3.63, 3.8) is 0 Å². The van der Waals surface area contributed by atoms with Crippen LogP contribution in [0.25, 0.3) is 0 Å². The summed E-state index contributed by atoms with van der Waals surface area (Å²) in [5.41, 5.74) is 0.807. The van der Waals surface area contributed by atoms with Gasteiger partial charge in [0.15, 0.2) is 11.6 Å². The van der Waals surface area contributed by atoms with Crippen LogP contribution in [0.2, 0.25) is 5.02 Å².